The fourth-order valence-corrected chi connectivity index (χ4v) is 4.27. The van der Waals surface area contributed by atoms with Gasteiger partial charge in [0.1, 0.15) is 18.0 Å². The molecule has 3 N–H and O–H groups in total. The van der Waals surface area contributed by atoms with Gasteiger partial charge in [0.25, 0.3) is 0 Å². The van der Waals surface area contributed by atoms with Gasteiger partial charge < -0.3 is 15.0 Å². The van der Waals surface area contributed by atoms with Crippen molar-refractivity contribution in [1.29, 1.82) is 5.26 Å². The Labute approximate surface area is 191 Å². The van der Waals surface area contributed by atoms with E-state index in [0.717, 1.165) is 22.5 Å². The summed E-state index contributed by atoms with van der Waals surface area (Å²) < 4.78 is 7.99. The molecule has 33 heavy (non-hydrogen) atoms. The van der Waals surface area contributed by atoms with E-state index in [1.807, 2.05) is 46.1 Å². The third-order valence-corrected chi connectivity index (χ3v) is 5.81. The first kappa shape index (κ1) is 20.7. The first-order chi connectivity index (χ1) is 15.9. The minimum absolute atomic E-state index is 0.110. The van der Waals surface area contributed by atoms with Gasteiger partial charge in [-0.15, -0.1) is 0 Å². The molecule has 0 fully saturated rings. The summed E-state index contributed by atoms with van der Waals surface area (Å²) in [6.07, 6.45) is 8.59. The number of aromatic nitrogens is 4. The summed E-state index contributed by atoms with van der Waals surface area (Å²) in [5.41, 5.74) is 13.5. The lowest BCUT2D eigenvalue weighted by Crippen LogP contribution is -2.47. The Morgan fingerprint density at radius 3 is 2.52 bits per heavy atom. The zero-order valence-electron chi connectivity index (χ0n) is 18.6. The first-order valence-corrected chi connectivity index (χ1v) is 10.6. The molecule has 0 saturated carbocycles. The van der Waals surface area contributed by atoms with Crippen molar-refractivity contribution in [2.24, 2.45) is 5.73 Å². The van der Waals surface area contributed by atoms with E-state index >= 15 is 0 Å². The molecular formula is C24H24N8O. The maximum absolute atomic E-state index is 10.0. The molecule has 1 aromatic carbocycles. The molecule has 0 spiro atoms. The molecular weight excluding hydrogens is 416 g/mol. The summed E-state index contributed by atoms with van der Waals surface area (Å²) in [4.78, 5) is 12.6. The smallest absolute Gasteiger partial charge is 0.214 e. The lowest BCUT2D eigenvalue weighted by molar-refractivity contribution is 0.0500. The van der Waals surface area contributed by atoms with Crippen LogP contribution in [0.15, 0.2) is 84.5 Å². The monoisotopic (exact) mass is 440 g/mol. The van der Waals surface area contributed by atoms with Crippen molar-refractivity contribution in [2.75, 3.05) is 0 Å². The number of hydrogen-bond acceptors (Lipinski definition) is 8. The lowest BCUT2D eigenvalue weighted by Gasteiger charge is -2.36. The SMILES string of the molecule is CC(C)(C)N1NC(c2ccncn2)C2=C1OC(N)=C(C#N)C2c1ccc(-n2ccnc2)cc1. The fourth-order valence-electron chi connectivity index (χ4n) is 4.27. The second-order valence-corrected chi connectivity index (χ2v) is 8.95. The van der Waals surface area contributed by atoms with E-state index in [-0.39, 0.29) is 17.5 Å². The Kier molecular flexibility index (Phi) is 4.87. The number of hydrogen-bond donors (Lipinski definition) is 2. The molecule has 166 valence electrons. The maximum atomic E-state index is 10.0. The third kappa shape index (κ3) is 3.50. The van der Waals surface area contributed by atoms with Crippen molar-refractivity contribution in [3.63, 3.8) is 0 Å². The van der Waals surface area contributed by atoms with E-state index in [9.17, 15) is 5.26 Å². The van der Waals surface area contributed by atoms with Crippen molar-refractivity contribution < 1.29 is 4.74 Å². The van der Waals surface area contributed by atoms with Gasteiger partial charge in [0.05, 0.1) is 29.5 Å². The van der Waals surface area contributed by atoms with Crippen molar-refractivity contribution in [3.05, 3.63) is 95.7 Å². The molecule has 3 aromatic rings. The molecule has 2 aliphatic heterocycles. The summed E-state index contributed by atoms with van der Waals surface area (Å²) in [6.45, 7) is 6.22. The van der Waals surface area contributed by atoms with Gasteiger partial charge in [-0.1, -0.05) is 12.1 Å². The van der Waals surface area contributed by atoms with E-state index in [2.05, 4.69) is 47.2 Å². The van der Waals surface area contributed by atoms with E-state index in [0.29, 0.717) is 11.5 Å². The van der Waals surface area contributed by atoms with Gasteiger partial charge in [0, 0.05) is 29.9 Å². The number of rotatable bonds is 3. The molecule has 0 bridgehead atoms. The van der Waals surface area contributed by atoms with Crippen molar-refractivity contribution in [2.45, 2.75) is 38.3 Å². The molecule has 0 saturated heterocycles. The van der Waals surface area contributed by atoms with Crippen LogP contribution >= 0.6 is 0 Å². The van der Waals surface area contributed by atoms with E-state index < -0.39 is 5.92 Å². The quantitative estimate of drug-likeness (QED) is 0.638. The zero-order valence-corrected chi connectivity index (χ0v) is 18.6. The summed E-state index contributed by atoms with van der Waals surface area (Å²) in [7, 11) is 0. The van der Waals surface area contributed by atoms with E-state index in [1.54, 1.807) is 18.7 Å². The van der Waals surface area contributed by atoms with Crippen LogP contribution in [0.5, 0.6) is 0 Å². The lowest BCUT2D eigenvalue weighted by atomic mass is 9.80. The topological polar surface area (TPSA) is 118 Å². The van der Waals surface area contributed by atoms with E-state index in [1.165, 1.54) is 6.33 Å². The zero-order chi connectivity index (χ0) is 23.2. The van der Waals surface area contributed by atoms with Gasteiger partial charge in [-0.3, -0.25) is 5.01 Å². The van der Waals surface area contributed by atoms with Crippen LogP contribution in [0.4, 0.5) is 0 Å². The standard InChI is InChI=1S/C24H24N8O/c1-24(2,3)32-23-20(21(30-32)18-8-9-27-13-29-18)19(17(12-25)22(26)33-23)15-4-6-16(7-5-15)31-11-10-28-14-31/h4-11,13-14,19,21,30H,26H2,1-3H3. The summed E-state index contributed by atoms with van der Waals surface area (Å²) in [5.74, 6) is 0.320. The summed E-state index contributed by atoms with van der Waals surface area (Å²) in [5, 5.41) is 12.0. The van der Waals surface area contributed by atoms with Crippen molar-refractivity contribution in [1.82, 2.24) is 30.0 Å². The molecule has 9 nitrogen and oxygen atoms in total. The maximum Gasteiger partial charge on any atom is 0.214 e. The molecule has 0 aliphatic carbocycles. The molecule has 2 aromatic heterocycles. The Hall–Kier alpha value is -4.16. The number of nitrogens with two attached hydrogens (primary N) is 1. The van der Waals surface area contributed by atoms with Crippen LogP contribution in [0.1, 0.15) is 44.0 Å². The predicted molar refractivity (Wildman–Crippen MR) is 121 cm³/mol. The number of nitriles is 1. The number of ether oxygens (including phenoxy) is 1. The molecule has 5 rings (SSSR count). The second kappa shape index (κ2) is 7.76. The van der Waals surface area contributed by atoms with Gasteiger partial charge in [-0.25, -0.2) is 20.4 Å². The molecule has 0 radical (unpaired) electrons. The van der Waals surface area contributed by atoms with Crippen LogP contribution in [-0.2, 0) is 4.74 Å². The van der Waals surface area contributed by atoms with Crippen LogP contribution in [0, 0.1) is 11.3 Å². The highest BCUT2D eigenvalue weighted by molar-refractivity contribution is 5.53. The normalized spacial score (nSPS) is 20.5. The van der Waals surface area contributed by atoms with Crippen LogP contribution in [0.25, 0.3) is 5.69 Å². The number of allylic oxidation sites excluding steroid dienone is 1. The predicted octanol–water partition coefficient (Wildman–Crippen LogP) is 3.04. The van der Waals surface area contributed by atoms with Gasteiger partial charge in [-0.05, 0) is 44.5 Å². The third-order valence-electron chi connectivity index (χ3n) is 5.81. The first-order valence-electron chi connectivity index (χ1n) is 10.6. The highest BCUT2D eigenvalue weighted by Gasteiger charge is 2.47. The fraction of sp³-hybridized carbons (Fsp3) is 0.250. The molecule has 9 heteroatoms. The Morgan fingerprint density at radius 1 is 1.12 bits per heavy atom. The molecule has 2 atom stereocenters. The number of imidazole rings is 1. The number of hydrazine groups is 1. The Balaban J connectivity index is 1.66. The minimum atomic E-state index is -0.393. The summed E-state index contributed by atoms with van der Waals surface area (Å²) >= 11 is 0. The highest BCUT2D eigenvalue weighted by atomic mass is 16.5. The number of nitrogens with one attached hydrogen (secondary N) is 1. The van der Waals surface area contributed by atoms with Crippen LogP contribution in [0.2, 0.25) is 0 Å². The second-order valence-electron chi connectivity index (χ2n) is 8.95. The van der Waals surface area contributed by atoms with Crippen LogP contribution in [0.3, 0.4) is 0 Å². The van der Waals surface area contributed by atoms with Gasteiger partial charge in [0.15, 0.2) is 0 Å². The van der Waals surface area contributed by atoms with Gasteiger partial charge in [-0.2, -0.15) is 5.26 Å². The van der Waals surface area contributed by atoms with Crippen LogP contribution < -0.4 is 11.2 Å². The van der Waals surface area contributed by atoms with Gasteiger partial charge in [0.2, 0.25) is 11.8 Å². The average molecular weight is 441 g/mol. The van der Waals surface area contributed by atoms with Crippen molar-refractivity contribution in [3.8, 4) is 11.8 Å². The number of benzene rings is 1. The Bertz CT molecular complexity index is 1260. The molecule has 2 aliphatic rings. The summed E-state index contributed by atoms with van der Waals surface area (Å²) in [6, 6.07) is 11.9. The van der Waals surface area contributed by atoms with Crippen molar-refractivity contribution >= 4 is 0 Å². The largest absolute Gasteiger partial charge is 0.423 e. The average Bonchev–Trinajstić information content (AvgIpc) is 3.47. The highest BCUT2D eigenvalue weighted by Crippen LogP contribution is 2.49. The number of nitrogens with zero attached hydrogens (tertiary/aromatic N) is 6. The molecule has 0 amide bonds. The molecule has 2 unspecified atom stereocenters. The Morgan fingerprint density at radius 2 is 1.91 bits per heavy atom. The molecule has 4 heterocycles. The minimum Gasteiger partial charge on any atom is -0.423 e. The van der Waals surface area contributed by atoms with Crippen LogP contribution in [-0.4, -0.2) is 30.1 Å². The van der Waals surface area contributed by atoms with Gasteiger partial charge >= 0.3 is 0 Å². The van der Waals surface area contributed by atoms with E-state index in [4.69, 9.17) is 10.5 Å².